The maximum absolute atomic E-state index is 12.2. The van der Waals surface area contributed by atoms with Crippen molar-refractivity contribution in [3.05, 3.63) is 12.7 Å². The number of likely N-dealkylation sites (tertiary alicyclic amines) is 1. The zero-order chi connectivity index (χ0) is 13.3. The van der Waals surface area contributed by atoms with Crippen molar-refractivity contribution in [2.75, 3.05) is 13.1 Å². The van der Waals surface area contributed by atoms with Crippen molar-refractivity contribution in [2.24, 2.45) is 11.3 Å². The van der Waals surface area contributed by atoms with Crippen molar-refractivity contribution in [1.29, 1.82) is 0 Å². The molecule has 4 heteroatoms. The Bertz CT molecular complexity index is 370. The number of hydrogen-bond acceptors (Lipinski definition) is 2. The molecule has 0 aromatic carbocycles. The van der Waals surface area contributed by atoms with Gasteiger partial charge in [-0.25, -0.2) is 0 Å². The summed E-state index contributed by atoms with van der Waals surface area (Å²) in [7, 11) is 0. The lowest BCUT2D eigenvalue weighted by Gasteiger charge is -2.43. The molecule has 2 aliphatic rings. The van der Waals surface area contributed by atoms with Gasteiger partial charge in [0.15, 0.2) is 0 Å². The predicted octanol–water partition coefficient (Wildman–Crippen LogP) is 1.33. The third-order valence-corrected chi connectivity index (χ3v) is 4.14. The van der Waals surface area contributed by atoms with Crippen LogP contribution < -0.4 is 5.32 Å². The van der Waals surface area contributed by atoms with Crippen LogP contribution in [0, 0.1) is 11.3 Å². The van der Waals surface area contributed by atoms with E-state index < -0.39 is 5.41 Å². The molecule has 1 saturated carbocycles. The van der Waals surface area contributed by atoms with Crippen LogP contribution in [0.15, 0.2) is 12.7 Å². The average molecular weight is 250 g/mol. The topological polar surface area (TPSA) is 49.4 Å². The van der Waals surface area contributed by atoms with Gasteiger partial charge in [-0.2, -0.15) is 0 Å². The first-order valence-corrected chi connectivity index (χ1v) is 6.73. The minimum absolute atomic E-state index is 0.122. The van der Waals surface area contributed by atoms with E-state index in [0.717, 1.165) is 19.3 Å². The fourth-order valence-electron chi connectivity index (χ4n) is 2.14. The van der Waals surface area contributed by atoms with Gasteiger partial charge in [0.1, 0.15) is 0 Å². The summed E-state index contributed by atoms with van der Waals surface area (Å²) >= 11 is 0. The first-order chi connectivity index (χ1) is 8.50. The van der Waals surface area contributed by atoms with Gasteiger partial charge >= 0.3 is 0 Å². The lowest BCUT2D eigenvalue weighted by atomic mass is 9.85. The highest BCUT2D eigenvalue weighted by molar-refractivity contribution is 5.86. The SMILES string of the molecule is C=CC(C)(CC)C(=O)N1CC(NC(=O)C2CC2)C1. The van der Waals surface area contributed by atoms with Gasteiger partial charge in [-0.15, -0.1) is 6.58 Å². The fourth-order valence-corrected chi connectivity index (χ4v) is 2.14. The molecule has 2 fully saturated rings. The number of carbonyl (C=O) groups excluding carboxylic acids is 2. The Labute approximate surface area is 108 Å². The summed E-state index contributed by atoms with van der Waals surface area (Å²) in [6.45, 7) is 8.93. The Balaban J connectivity index is 1.79. The lowest BCUT2D eigenvalue weighted by molar-refractivity contribution is -0.145. The average Bonchev–Trinajstić information content (AvgIpc) is 3.15. The maximum Gasteiger partial charge on any atom is 0.232 e. The highest BCUT2D eigenvalue weighted by Gasteiger charge is 2.40. The minimum atomic E-state index is -0.467. The Morgan fingerprint density at radius 1 is 1.44 bits per heavy atom. The van der Waals surface area contributed by atoms with E-state index in [4.69, 9.17) is 0 Å². The highest BCUT2D eigenvalue weighted by atomic mass is 16.2. The van der Waals surface area contributed by atoms with E-state index >= 15 is 0 Å². The van der Waals surface area contributed by atoms with Crippen LogP contribution in [0.4, 0.5) is 0 Å². The summed E-state index contributed by atoms with van der Waals surface area (Å²) < 4.78 is 0. The van der Waals surface area contributed by atoms with Gasteiger partial charge in [0, 0.05) is 19.0 Å². The molecule has 1 heterocycles. The zero-order valence-corrected chi connectivity index (χ0v) is 11.2. The smallest absolute Gasteiger partial charge is 0.232 e. The molecule has 18 heavy (non-hydrogen) atoms. The number of hydrogen-bond donors (Lipinski definition) is 1. The van der Waals surface area contributed by atoms with Gasteiger partial charge in [0.05, 0.1) is 11.5 Å². The number of amides is 2. The molecule has 1 N–H and O–H groups in total. The van der Waals surface area contributed by atoms with Crippen molar-refractivity contribution in [2.45, 2.75) is 39.2 Å². The van der Waals surface area contributed by atoms with Gasteiger partial charge < -0.3 is 10.2 Å². The van der Waals surface area contributed by atoms with Crippen molar-refractivity contribution < 1.29 is 9.59 Å². The molecule has 4 nitrogen and oxygen atoms in total. The second-order valence-electron chi connectivity index (χ2n) is 5.67. The van der Waals surface area contributed by atoms with Crippen LogP contribution in [0.2, 0.25) is 0 Å². The molecule has 2 rings (SSSR count). The van der Waals surface area contributed by atoms with Crippen LogP contribution >= 0.6 is 0 Å². The van der Waals surface area contributed by atoms with Crippen LogP contribution in [0.5, 0.6) is 0 Å². The molecule has 0 radical (unpaired) electrons. The van der Waals surface area contributed by atoms with Crippen LogP contribution in [-0.2, 0) is 9.59 Å². The molecule has 0 aromatic heterocycles. The normalized spacial score (nSPS) is 22.9. The monoisotopic (exact) mass is 250 g/mol. The maximum atomic E-state index is 12.2. The van der Waals surface area contributed by atoms with E-state index in [0.29, 0.717) is 13.1 Å². The Kier molecular flexibility index (Phi) is 3.46. The van der Waals surface area contributed by atoms with Gasteiger partial charge in [-0.1, -0.05) is 13.0 Å². The van der Waals surface area contributed by atoms with Crippen molar-refractivity contribution in [1.82, 2.24) is 10.2 Å². The second kappa shape index (κ2) is 4.75. The third-order valence-electron chi connectivity index (χ3n) is 4.14. The van der Waals surface area contributed by atoms with Gasteiger partial charge in [-0.3, -0.25) is 9.59 Å². The Morgan fingerprint density at radius 3 is 2.50 bits per heavy atom. The minimum Gasteiger partial charge on any atom is -0.350 e. The van der Waals surface area contributed by atoms with Crippen molar-refractivity contribution >= 4 is 11.8 Å². The fraction of sp³-hybridized carbons (Fsp3) is 0.714. The lowest BCUT2D eigenvalue weighted by Crippen LogP contribution is -2.63. The quantitative estimate of drug-likeness (QED) is 0.748. The molecule has 1 saturated heterocycles. The molecule has 0 aromatic rings. The summed E-state index contributed by atoms with van der Waals surface area (Å²) in [6, 6.07) is 0.146. The zero-order valence-electron chi connectivity index (χ0n) is 11.2. The van der Waals surface area contributed by atoms with Crippen molar-refractivity contribution in [3.63, 3.8) is 0 Å². The molecular formula is C14H22N2O2. The number of rotatable bonds is 5. The summed E-state index contributed by atoms with van der Waals surface area (Å²) in [5.74, 6) is 0.523. The summed E-state index contributed by atoms with van der Waals surface area (Å²) in [6.07, 6.45) is 4.52. The molecule has 1 unspecified atom stereocenters. The Morgan fingerprint density at radius 2 is 2.06 bits per heavy atom. The van der Waals surface area contributed by atoms with E-state index in [1.165, 1.54) is 0 Å². The van der Waals surface area contributed by atoms with E-state index in [-0.39, 0.29) is 23.8 Å². The molecule has 0 bridgehead atoms. The van der Waals surface area contributed by atoms with Gasteiger partial charge in [0.25, 0.3) is 0 Å². The van der Waals surface area contributed by atoms with Crippen LogP contribution in [0.1, 0.15) is 33.1 Å². The van der Waals surface area contributed by atoms with Gasteiger partial charge in [-0.05, 0) is 26.2 Å². The van der Waals surface area contributed by atoms with Crippen LogP contribution in [0.25, 0.3) is 0 Å². The third kappa shape index (κ3) is 2.42. The molecule has 1 aliphatic heterocycles. The van der Waals surface area contributed by atoms with Gasteiger partial charge in [0.2, 0.25) is 11.8 Å². The Hall–Kier alpha value is -1.32. The first-order valence-electron chi connectivity index (χ1n) is 6.73. The predicted molar refractivity (Wildman–Crippen MR) is 69.8 cm³/mol. The molecule has 100 valence electrons. The first kappa shape index (κ1) is 13.1. The molecule has 1 aliphatic carbocycles. The number of nitrogens with zero attached hydrogens (tertiary/aromatic N) is 1. The molecule has 2 amide bonds. The molecule has 1 atom stereocenters. The summed E-state index contributed by atoms with van der Waals surface area (Å²) in [5.41, 5.74) is -0.467. The van der Waals surface area contributed by atoms with Crippen LogP contribution in [-0.4, -0.2) is 35.8 Å². The van der Waals surface area contributed by atoms with Crippen LogP contribution in [0.3, 0.4) is 0 Å². The second-order valence-corrected chi connectivity index (χ2v) is 5.67. The number of carbonyl (C=O) groups is 2. The van der Waals surface area contributed by atoms with E-state index in [1.54, 1.807) is 6.08 Å². The van der Waals surface area contributed by atoms with E-state index in [9.17, 15) is 9.59 Å². The summed E-state index contributed by atoms with van der Waals surface area (Å²) in [4.78, 5) is 25.6. The molecular weight excluding hydrogens is 228 g/mol. The number of nitrogens with one attached hydrogen (secondary N) is 1. The van der Waals surface area contributed by atoms with Crippen molar-refractivity contribution in [3.8, 4) is 0 Å². The molecule has 0 spiro atoms. The highest BCUT2D eigenvalue weighted by Crippen LogP contribution is 2.30. The van der Waals surface area contributed by atoms with E-state index in [1.807, 2.05) is 18.7 Å². The summed E-state index contributed by atoms with van der Waals surface area (Å²) in [5, 5.41) is 2.99. The van der Waals surface area contributed by atoms with E-state index in [2.05, 4.69) is 11.9 Å². The largest absolute Gasteiger partial charge is 0.350 e. The standard InChI is InChI=1S/C14H22N2O2/c1-4-14(3,5-2)13(18)16-8-11(9-16)15-12(17)10-6-7-10/h4,10-11H,1,5-9H2,2-3H3,(H,15,17).